The van der Waals surface area contributed by atoms with Crippen molar-refractivity contribution in [2.24, 2.45) is 0 Å². The molecule has 0 unspecified atom stereocenters. The Morgan fingerprint density at radius 2 is 0.576 bits per heavy atom. The molecule has 6 aromatic carbocycles. The van der Waals surface area contributed by atoms with Gasteiger partial charge in [0.2, 0.25) is 0 Å². The monoisotopic (exact) mass is 1050 g/mol. The van der Waals surface area contributed by atoms with E-state index in [-0.39, 0.29) is 29.9 Å². The Morgan fingerprint density at radius 3 is 0.970 bits per heavy atom. The summed E-state index contributed by atoms with van der Waals surface area (Å²) in [6, 6.07) is 24.7. The first-order chi connectivity index (χ1) is 31.7. The summed E-state index contributed by atoms with van der Waals surface area (Å²) in [6.07, 6.45) is 0. The smallest absolute Gasteiger partial charge is 0.138 e. The molecule has 0 fully saturated rings. The van der Waals surface area contributed by atoms with E-state index in [1.165, 1.54) is 79.1 Å². The van der Waals surface area contributed by atoms with Crippen molar-refractivity contribution in [3.8, 4) is 0 Å². The van der Waals surface area contributed by atoms with E-state index in [0.717, 1.165) is 77.3 Å². The van der Waals surface area contributed by atoms with E-state index in [9.17, 15) is 0 Å². The molecule has 0 aliphatic carbocycles. The summed E-state index contributed by atoms with van der Waals surface area (Å²) in [7, 11) is 0. The van der Waals surface area contributed by atoms with Crippen molar-refractivity contribution in [3.63, 3.8) is 0 Å². The number of benzene rings is 6. The molecule has 0 saturated heterocycles. The quantitative estimate of drug-likeness (QED) is 0.131. The second-order valence-electron chi connectivity index (χ2n) is 16.1. The molecule has 336 valence electrons. The van der Waals surface area contributed by atoms with Gasteiger partial charge in [-0.3, -0.25) is 0 Å². The summed E-state index contributed by atoms with van der Waals surface area (Å²) < 4.78 is 43.2. The van der Waals surface area contributed by atoms with Gasteiger partial charge in [0.25, 0.3) is 0 Å². The zero-order valence-corrected chi connectivity index (χ0v) is 43.8. The fourth-order valence-electron chi connectivity index (χ4n) is 6.46. The van der Waals surface area contributed by atoms with Crippen LogP contribution in [0.3, 0.4) is 0 Å². The third-order valence-electron chi connectivity index (χ3n) is 11.1. The van der Waals surface area contributed by atoms with Crippen molar-refractivity contribution in [3.05, 3.63) is 140 Å². The zero-order valence-electron chi connectivity index (χ0n) is 38.7. The molecular formula is C48H48N12O2S2Se2. The molecule has 6 aromatic heterocycles. The van der Waals surface area contributed by atoms with Crippen molar-refractivity contribution in [1.82, 2.24) is 54.0 Å². The van der Waals surface area contributed by atoms with Gasteiger partial charge in [0, 0.05) is 0 Å². The van der Waals surface area contributed by atoms with Crippen LogP contribution in [0.15, 0.2) is 82.1 Å². The van der Waals surface area contributed by atoms with Gasteiger partial charge in [-0.2, -0.15) is 17.5 Å². The molecule has 0 spiro atoms. The van der Waals surface area contributed by atoms with Gasteiger partial charge in [0.1, 0.15) is 44.1 Å². The van der Waals surface area contributed by atoms with Gasteiger partial charge < -0.3 is 0 Å². The maximum atomic E-state index is 4.63. The third kappa shape index (κ3) is 11.3. The van der Waals surface area contributed by atoms with Gasteiger partial charge in [-0.15, -0.1) is 0 Å². The van der Waals surface area contributed by atoms with Gasteiger partial charge in [0.05, 0.1) is 23.5 Å². The fourth-order valence-corrected chi connectivity index (χ4v) is 10.1. The van der Waals surface area contributed by atoms with E-state index in [4.69, 9.17) is 0 Å². The predicted molar refractivity (Wildman–Crippen MR) is 268 cm³/mol. The second-order valence-corrected chi connectivity index (χ2v) is 19.3. The average molecular weight is 1050 g/mol. The van der Waals surface area contributed by atoms with Crippen molar-refractivity contribution in [2.75, 3.05) is 0 Å². The van der Waals surface area contributed by atoms with Crippen LogP contribution in [0.25, 0.3) is 66.2 Å². The molecule has 14 nitrogen and oxygen atoms in total. The number of fused-ring (bicyclic) bond motifs is 6. The fraction of sp³-hybridized carbons (Fsp3) is 0.250. The largest absolute Gasteiger partial charge is 0.243 e. The third-order valence-corrected chi connectivity index (χ3v) is 14.4. The van der Waals surface area contributed by atoms with Gasteiger partial charge in [0.15, 0.2) is 0 Å². The van der Waals surface area contributed by atoms with E-state index >= 15 is 0 Å². The molecule has 0 bridgehead atoms. The number of hydrogen-bond donors (Lipinski definition) is 0. The minimum atomic E-state index is 0.110. The second kappa shape index (κ2) is 21.5. The number of aromatic nitrogens is 12. The Balaban J connectivity index is 0.000000118. The van der Waals surface area contributed by atoms with E-state index < -0.39 is 0 Å². The summed E-state index contributed by atoms with van der Waals surface area (Å²) in [5, 5.41) is 15.1. The first-order valence-electron chi connectivity index (χ1n) is 20.8. The Kier molecular flexibility index (Phi) is 15.6. The number of aryl methyl sites for hydroxylation is 12. The molecular weight excluding hydrogens is 999 g/mol. The maximum absolute atomic E-state index is 4.63. The molecule has 0 saturated carbocycles. The molecule has 0 N–H and O–H groups in total. The van der Waals surface area contributed by atoms with Crippen LogP contribution in [0.1, 0.15) is 66.8 Å². The van der Waals surface area contributed by atoms with E-state index in [0.29, 0.717) is 0 Å². The molecule has 0 atom stereocenters. The number of nitrogens with zero attached hydrogens (tertiary/aromatic N) is 12. The normalized spacial score (nSPS) is 10.7. The van der Waals surface area contributed by atoms with Gasteiger partial charge in [-0.05, 0) is 145 Å². The first-order valence-corrected chi connectivity index (χ1v) is 25.3. The van der Waals surface area contributed by atoms with Crippen LogP contribution in [-0.2, 0) is 0 Å². The number of rotatable bonds is 0. The van der Waals surface area contributed by atoms with Crippen molar-refractivity contribution in [2.45, 2.75) is 83.1 Å². The Labute approximate surface area is 402 Å². The molecule has 12 rings (SSSR count). The molecule has 12 aromatic rings. The summed E-state index contributed by atoms with van der Waals surface area (Å²) in [5.74, 6) is 0. The average Bonchev–Trinajstić information content (AvgIpc) is 4.16. The summed E-state index contributed by atoms with van der Waals surface area (Å²) in [6.45, 7) is 24.8. The Morgan fingerprint density at radius 1 is 0.288 bits per heavy atom. The molecule has 0 amide bonds. The van der Waals surface area contributed by atoms with Gasteiger partial charge in [-0.25, -0.2) is 9.26 Å². The molecule has 18 heteroatoms. The van der Waals surface area contributed by atoms with E-state index in [1.807, 2.05) is 52.0 Å². The van der Waals surface area contributed by atoms with E-state index in [1.54, 1.807) is 0 Å². The topological polar surface area (TPSA) is 181 Å². The van der Waals surface area contributed by atoms with Crippen molar-refractivity contribution in [1.29, 1.82) is 0 Å². The predicted octanol–water partition coefficient (Wildman–Crippen LogP) is 10.9. The Hall–Kier alpha value is -6.00. The minimum Gasteiger partial charge on any atom is -0.243 e. The van der Waals surface area contributed by atoms with Crippen LogP contribution >= 0.6 is 23.5 Å². The van der Waals surface area contributed by atoms with Gasteiger partial charge >= 0.3 is 142 Å². The van der Waals surface area contributed by atoms with Crippen LogP contribution in [0.2, 0.25) is 0 Å². The summed E-state index contributed by atoms with van der Waals surface area (Å²) >= 11 is 2.78. The number of hydrogen-bond acceptors (Lipinski definition) is 16. The van der Waals surface area contributed by atoms with Crippen molar-refractivity contribution < 1.29 is 9.26 Å². The standard InChI is InChI=1S/2C8H8N2O.2C8H8N2S.2C8H8N2Se/c1-5-3-7-8(4-6(5)2)10-11-9-7;1-5-3-4-6(2)8-7(5)9-11-10-8;1-5-3-7-8(4-6(5)2)10-11-9-7;1-5-3-4-6(2)8-7(5)9-11-10-8;1-5-3-7-8(4-6(5)2)10-11-9-7;1-5-3-4-6(2)8-7(5)9-11-10-8/h6*3-4H,1-2H3. The SMILES string of the molecule is Cc1cc2n[se]nc2cc1C.Cc1cc2nonc2cc1C.Cc1cc2nsnc2cc1C.Cc1ccc(C)c2n[se]nc12.Cc1ccc(C)c2nonc12.Cc1ccc(C)c2nsnc12. The molecule has 0 aliphatic rings. The van der Waals surface area contributed by atoms with Crippen LogP contribution in [0.4, 0.5) is 0 Å². The summed E-state index contributed by atoms with van der Waals surface area (Å²) in [5.41, 5.74) is 26.6. The van der Waals surface area contributed by atoms with Crippen LogP contribution in [0.5, 0.6) is 0 Å². The van der Waals surface area contributed by atoms with E-state index in [2.05, 4.69) is 167 Å². The van der Waals surface area contributed by atoms with Crippen LogP contribution < -0.4 is 0 Å². The minimum absolute atomic E-state index is 0.110. The van der Waals surface area contributed by atoms with Crippen molar-refractivity contribution >= 4 is 120 Å². The Bertz CT molecular complexity index is 2980. The molecule has 6 heterocycles. The van der Waals surface area contributed by atoms with Gasteiger partial charge in [-0.1, -0.05) is 24.3 Å². The molecule has 0 radical (unpaired) electrons. The summed E-state index contributed by atoms with van der Waals surface area (Å²) in [4.78, 5) is 0. The maximum Gasteiger partial charge on any atom is 0.138 e. The van der Waals surface area contributed by atoms with Crippen LogP contribution in [0, 0.1) is 83.1 Å². The zero-order chi connectivity index (χ0) is 47.1. The van der Waals surface area contributed by atoms with Crippen LogP contribution in [-0.4, -0.2) is 84.0 Å². The molecule has 0 aliphatic heterocycles. The first kappa shape index (κ1) is 47.9. The molecule has 66 heavy (non-hydrogen) atoms.